The number of carbonyl (C=O) groups is 1. The van der Waals surface area contributed by atoms with Gasteiger partial charge in [-0.05, 0) is 63.4 Å². The van der Waals surface area contributed by atoms with Gasteiger partial charge in [-0.2, -0.15) is 0 Å². The number of aliphatic hydroxyl groups excluding tert-OH is 1. The Morgan fingerprint density at radius 2 is 1.91 bits per heavy atom. The Morgan fingerprint density at radius 3 is 2.52 bits per heavy atom. The maximum absolute atomic E-state index is 12.7. The number of Topliss-reactive ketones (excluding diaryl/α,β-unsaturated/α-hetero) is 1. The van der Waals surface area contributed by atoms with Crippen molar-refractivity contribution >= 4 is 5.78 Å². The molecule has 2 N–H and O–H groups in total. The van der Waals surface area contributed by atoms with E-state index in [1.807, 2.05) is 20.8 Å². The Balaban J connectivity index is 2.29. The number of rotatable bonds is 1. The summed E-state index contributed by atoms with van der Waals surface area (Å²) in [7, 11) is 0. The molecule has 0 spiro atoms. The Hall–Kier alpha value is -1.35. The molecule has 1 saturated carbocycles. The third-order valence-corrected chi connectivity index (χ3v) is 6.25. The monoisotopic (exact) mass is 316 g/mol. The van der Waals surface area contributed by atoms with E-state index in [9.17, 15) is 15.0 Å². The third kappa shape index (κ3) is 2.16. The van der Waals surface area contributed by atoms with Crippen LogP contribution < -0.4 is 0 Å². The van der Waals surface area contributed by atoms with Crippen molar-refractivity contribution in [3.8, 4) is 0 Å². The van der Waals surface area contributed by atoms with Crippen LogP contribution in [0.5, 0.6) is 0 Å². The molecule has 5 atom stereocenters. The SMILES string of the molecule is CC(C)=C[C@H]1C[C@H](C)[C@H]2CC[C@H](C)C3=C2C1(O)C(C)=C(O)C3=O. The summed E-state index contributed by atoms with van der Waals surface area (Å²) in [4.78, 5) is 12.7. The van der Waals surface area contributed by atoms with E-state index in [0.717, 1.165) is 30.4 Å². The predicted octanol–water partition coefficient (Wildman–Crippen LogP) is 4.10. The first-order valence-electron chi connectivity index (χ1n) is 8.76. The fourth-order valence-electron chi connectivity index (χ4n) is 5.07. The van der Waals surface area contributed by atoms with Gasteiger partial charge < -0.3 is 10.2 Å². The summed E-state index contributed by atoms with van der Waals surface area (Å²) in [5.41, 5.74) is 2.00. The van der Waals surface area contributed by atoms with Gasteiger partial charge in [0.05, 0.1) is 0 Å². The third-order valence-electron chi connectivity index (χ3n) is 6.25. The maximum atomic E-state index is 12.7. The molecule has 1 unspecified atom stereocenters. The molecule has 0 heterocycles. The summed E-state index contributed by atoms with van der Waals surface area (Å²) in [5, 5.41) is 22.1. The predicted molar refractivity (Wildman–Crippen MR) is 90.9 cm³/mol. The molecule has 23 heavy (non-hydrogen) atoms. The van der Waals surface area contributed by atoms with Gasteiger partial charge in [-0.15, -0.1) is 0 Å². The van der Waals surface area contributed by atoms with E-state index in [0.29, 0.717) is 17.1 Å². The first-order valence-corrected chi connectivity index (χ1v) is 8.76. The fraction of sp³-hybridized carbons (Fsp3) is 0.650. The summed E-state index contributed by atoms with van der Waals surface area (Å²) in [5.74, 6) is 0.219. The highest BCUT2D eigenvalue weighted by molar-refractivity contribution is 6.10. The second-order valence-corrected chi connectivity index (χ2v) is 8.04. The van der Waals surface area contributed by atoms with Crippen molar-refractivity contribution in [2.75, 3.05) is 0 Å². The zero-order chi connectivity index (χ0) is 17.1. The summed E-state index contributed by atoms with van der Waals surface area (Å²) in [6.07, 6.45) is 4.97. The largest absolute Gasteiger partial charge is 0.504 e. The van der Waals surface area contributed by atoms with Crippen molar-refractivity contribution in [3.63, 3.8) is 0 Å². The van der Waals surface area contributed by atoms with Crippen LogP contribution in [0, 0.1) is 23.7 Å². The first-order chi connectivity index (χ1) is 10.7. The number of hydrogen-bond donors (Lipinski definition) is 2. The van der Waals surface area contributed by atoms with Crippen LogP contribution in [0.25, 0.3) is 0 Å². The van der Waals surface area contributed by atoms with Gasteiger partial charge in [0, 0.05) is 17.1 Å². The zero-order valence-corrected chi connectivity index (χ0v) is 14.8. The molecule has 3 rings (SSSR count). The summed E-state index contributed by atoms with van der Waals surface area (Å²) >= 11 is 0. The number of ketones is 1. The lowest BCUT2D eigenvalue weighted by Crippen LogP contribution is -2.54. The van der Waals surface area contributed by atoms with E-state index in [-0.39, 0.29) is 29.3 Å². The van der Waals surface area contributed by atoms with Crippen molar-refractivity contribution in [3.05, 3.63) is 34.1 Å². The number of carbonyl (C=O) groups excluding carboxylic acids is 1. The lowest BCUT2D eigenvalue weighted by atomic mass is 9.53. The number of hydrogen-bond acceptors (Lipinski definition) is 3. The topological polar surface area (TPSA) is 57.5 Å². The van der Waals surface area contributed by atoms with Crippen molar-refractivity contribution in [2.45, 2.75) is 59.5 Å². The lowest BCUT2D eigenvalue weighted by molar-refractivity contribution is -0.117. The summed E-state index contributed by atoms with van der Waals surface area (Å²) in [6, 6.07) is 0. The molecule has 126 valence electrons. The molecule has 0 saturated heterocycles. The molecule has 3 nitrogen and oxygen atoms in total. The molecule has 0 bridgehead atoms. The molecular weight excluding hydrogens is 288 g/mol. The second-order valence-electron chi connectivity index (χ2n) is 8.04. The quantitative estimate of drug-likeness (QED) is 0.716. The molecule has 0 aromatic carbocycles. The average molecular weight is 316 g/mol. The molecular formula is C20H28O3. The van der Waals surface area contributed by atoms with Crippen LogP contribution in [0.15, 0.2) is 34.1 Å². The van der Waals surface area contributed by atoms with Gasteiger partial charge in [-0.25, -0.2) is 0 Å². The van der Waals surface area contributed by atoms with Crippen molar-refractivity contribution in [1.29, 1.82) is 0 Å². The fourth-order valence-corrected chi connectivity index (χ4v) is 5.07. The normalized spacial score (nSPS) is 40.2. The Morgan fingerprint density at radius 1 is 1.26 bits per heavy atom. The van der Waals surface area contributed by atoms with E-state index in [1.165, 1.54) is 0 Å². The second kappa shape index (κ2) is 5.34. The van der Waals surface area contributed by atoms with Crippen LogP contribution in [0.2, 0.25) is 0 Å². The van der Waals surface area contributed by atoms with Crippen LogP contribution in [0.3, 0.4) is 0 Å². The minimum absolute atomic E-state index is 0.0794. The van der Waals surface area contributed by atoms with Gasteiger partial charge in [-0.1, -0.05) is 25.5 Å². The van der Waals surface area contributed by atoms with Crippen molar-refractivity contribution < 1.29 is 15.0 Å². The zero-order valence-electron chi connectivity index (χ0n) is 14.8. The van der Waals surface area contributed by atoms with Gasteiger partial charge >= 0.3 is 0 Å². The van der Waals surface area contributed by atoms with Crippen molar-refractivity contribution in [1.82, 2.24) is 0 Å². The lowest BCUT2D eigenvalue weighted by Gasteiger charge is -2.53. The Labute approximate surface area is 138 Å². The average Bonchev–Trinajstić information content (AvgIpc) is 2.48. The Bertz CT molecular complexity index is 648. The van der Waals surface area contributed by atoms with Gasteiger partial charge in [0.1, 0.15) is 5.60 Å². The summed E-state index contributed by atoms with van der Waals surface area (Å²) < 4.78 is 0. The van der Waals surface area contributed by atoms with Gasteiger partial charge in [0.25, 0.3) is 0 Å². The standard InChI is InChI=1S/C20H28O3/c1-10(2)8-14-9-12(4)15-7-6-11(3)16-17(15)20(14,23)13(5)18(21)19(16)22/h8,11-12,14-15,21,23H,6-7,9H2,1-5H3/t11-,12-,14-,15+,20?/m0/s1. The van der Waals surface area contributed by atoms with Crippen LogP contribution in [-0.2, 0) is 4.79 Å². The molecule has 3 aliphatic carbocycles. The molecule has 3 aliphatic rings. The van der Waals surface area contributed by atoms with Crippen LogP contribution in [-0.4, -0.2) is 21.6 Å². The van der Waals surface area contributed by atoms with E-state index in [1.54, 1.807) is 6.92 Å². The van der Waals surface area contributed by atoms with Crippen LogP contribution in [0.4, 0.5) is 0 Å². The highest BCUT2D eigenvalue weighted by atomic mass is 16.3. The smallest absolute Gasteiger partial charge is 0.223 e. The molecule has 3 heteroatoms. The minimum atomic E-state index is -1.20. The summed E-state index contributed by atoms with van der Waals surface area (Å²) in [6.45, 7) is 10.1. The minimum Gasteiger partial charge on any atom is -0.504 e. The molecule has 0 aromatic rings. The van der Waals surface area contributed by atoms with E-state index >= 15 is 0 Å². The maximum Gasteiger partial charge on any atom is 0.223 e. The molecule has 0 radical (unpaired) electrons. The Kier molecular flexibility index (Phi) is 3.83. The molecule has 0 aromatic heterocycles. The van der Waals surface area contributed by atoms with Crippen LogP contribution in [0.1, 0.15) is 53.9 Å². The molecule has 1 fully saturated rings. The van der Waals surface area contributed by atoms with E-state index in [4.69, 9.17) is 0 Å². The number of allylic oxidation sites excluding steroid dienone is 2. The van der Waals surface area contributed by atoms with Gasteiger partial charge in [0.2, 0.25) is 5.78 Å². The highest BCUT2D eigenvalue weighted by Gasteiger charge is 2.56. The van der Waals surface area contributed by atoms with Crippen LogP contribution >= 0.6 is 0 Å². The number of aliphatic hydroxyl groups is 2. The first kappa shape index (κ1) is 16.5. The van der Waals surface area contributed by atoms with Crippen molar-refractivity contribution in [2.24, 2.45) is 23.7 Å². The molecule has 0 aliphatic heterocycles. The molecule has 0 amide bonds. The van der Waals surface area contributed by atoms with Gasteiger partial charge in [0.15, 0.2) is 5.76 Å². The highest BCUT2D eigenvalue weighted by Crippen LogP contribution is 2.57. The van der Waals surface area contributed by atoms with E-state index in [2.05, 4.69) is 13.0 Å². The van der Waals surface area contributed by atoms with E-state index < -0.39 is 5.60 Å². The van der Waals surface area contributed by atoms with Gasteiger partial charge in [-0.3, -0.25) is 4.79 Å².